The standard InChI is InChI=1S/C7H11F3O5S/c8-7(9,10)16(12,13)14-4-6-2-1-5(3-11)15-6/h5-6,11H,1-4H2/t5-,6-/m0/s1. The molecule has 1 N–H and O–H groups in total. The van der Waals surface area contributed by atoms with Gasteiger partial charge < -0.3 is 9.84 Å². The molecule has 0 radical (unpaired) electrons. The third kappa shape index (κ3) is 3.30. The van der Waals surface area contributed by atoms with Crippen LogP contribution in [0.2, 0.25) is 0 Å². The van der Waals surface area contributed by atoms with Crippen LogP contribution in [0.1, 0.15) is 12.8 Å². The number of alkyl halides is 3. The largest absolute Gasteiger partial charge is 0.523 e. The molecule has 16 heavy (non-hydrogen) atoms. The lowest BCUT2D eigenvalue weighted by molar-refractivity contribution is -0.0596. The number of halogens is 3. The Balaban J connectivity index is 2.42. The average Bonchev–Trinajstić information content (AvgIpc) is 2.60. The lowest BCUT2D eigenvalue weighted by Gasteiger charge is -2.13. The molecule has 0 spiro atoms. The molecule has 1 aliphatic heterocycles. The van der Waals surface area contributed by atoms with Gasteiger partial charge in [-0.05, 0) is 12.8 Å². The van der Waals surface area contributed by atoms with E-state index in [0.717, 1.165) is 0 Å². The number of ether oxygens (including phenoxy) is 1. The topological polar surface area (TPSA) is 72.8 Å². The Labute approximate surface area is 90.3 Å². The smallest absolute Gasteiger partial charge is 0.394 e. The minimum Gasteiger partial charge on any atom is -0.394 e. The first kappa shape index (κ1) is 13.7. The molecular formula is C7H11F3O5S. The number of aliphatic hydroxyl groups is 1. The van der Waals surface area contributed by atoms with Crippen LogP contribution in [0.25, 0.3) is 0 Å². The van der Waals surface area contributed by atoms with Crippen LogP contribution in [-0.4, -0.2) is 44.5 Å². The van der Waals surface area contributed by atoms with E-state index in [1.807, 2.05) is 0 Å². The van der Waals surface area contributed by atoms with Crippen molar-refractivity contribution in [1.82, 2.24) is 0 Å². The van der Waals surface area contributed by atoms with Gasteiger partial charge in [-0.15, -0.1) is 0 Å². The zero-order valence-electron chi connectivity index (χ0n) is 8.11. The molecule has 9 heteroatoms. The highest BCUT2D eigenvalue weighted by molar-refractivity contribution is 7.87. The average molecular weight is 264 g/mol. The molecule has 5 nitrogen and oxygen atoms in total. The van der Waals surface area contributed by atoms with Crippen LogP contribution >= 0.6 is 0 Å². The number of hydrogen-bond acceptors (Lipinski definition) is 5. The lowest BCUT2D eigenvalue weighted by Crippen LogP contribution is -2.29. The van der Waals surface area contributed by atoms with Gasteiger partial charge >= 0.3 is 15.6 Å². The summed E-state index contributed by atoms with van der Waals surface area (Å²) in [4.78, 5) is 0. The van der Waals surface area contributed by atoms with Crippen molar-refractivity contribution in [2.75, 3.05) is 13.2 Å². The molecule has 1 heterocycles. The summed E-state index contributed by atoms with van der Waals surface area (Å²) >= 11 is 0. The van der Waals surface area contributed by atoms with Crippen LogP contribution in [0.4, 0.5) is 13.2 Å². The van der Waals surface area contributed by atoms with Gasteiger partial charge in [0.15, 0.2) is 0 Å². The fourth-order valence-corrected chi connectivity index (χ4v) is 1.73. The van der Waals surface area contributed by atoms with Gasteiger partial charge in [-0.2, -0.15) is 21.6 Å². The van der Waals surface area contributed by atoms with Crippen molar-refractivity contribution in [2.24, 2.45) is 0 Å². The molecule has 1 saturated heterocycles. The first-order valence-electron chi connectivity index (χ1n) is 4.48. The maximum absolute atomic E-state index is 11.9. The SMILES string of the molecule is O=S(=O)(OC[C@@H]1CC[C@@H](CO)O1)C(F)(F)F. The van der Waals surface area contributed by atoms with E-state index in [2.05, 4.69) is 4.18 Å². The molecule has 1 aliphatic rings. The van der Waals surface area contributed by atoms with Crippen LogP contribution < -0.4 is 0 Å². The number of aliphatic hydroxyl groups excluding tert-OH is 1. The zero-order chi connectivity index (χ0) is 12.4. The Bertz CT molecular complexity index is 325. The van der Waals surface area contributed by atoms with Crippen molar-refractivity contribution < 1.29 is 35.6 Å². The summed E-state index contributed by atoms with van der Waals surface area (Å²) in [5, 5.41) is 8.68. The second-order valence-electron chi connectivity index (χ2n) is 3.32. The summed E-state index contributed by atoms with van der Waals surface area (Å²) in [6.07, 6.45) is -0.355. The monoisotopic (exact) mass is 264 g/mol. The molecule has 0 unspecified atom stereocenters. The third-order valence-corrected chi connectivity index (χ3v) is 3.11. The fraction of sp³-hybridized carbons (Fsp3) is 1.00. The highest BCUT2D eigenvalue weighted by Crippen LogP contribution is 2.26. The van der Waals surface area contributed by atoms with Gasteiger partial charge in [-0.25, -0.2) is 0 Å². The van der Waals surface area contributed by atoms with Gasteiger partial charge in [0.1, 0.15) is 0 Å². The Morgan fingerprint density at radius 2 is 1.88 bits per heavy atom. The first-order valence-corrected chi connectivity index (χ1v) is 5.89. The Hall–Kier alpha value is -0.380. The van der Waals surface area contributed by atoms with Gasteiger partial charge in [0, 0.05) is 0 Å². The maximum atomic E-state index is 11.9. The zero-order valence-corrected chi connectivity index (χ0v) is 8.92. The van der Waals surface area contributed by atoms with Crippen molar-refractivity contribution in [3.05, 3.63) is 0 Å². The predicted molar refractivity (Wildman–Crippen MR) is 45.9 cm³/mol. The summed E-state index contributed by atoms with van der Waals surface area (Å²) in [6.45, 7) is -0.930. The van der Waals surface area contributed by atoms with E-state index in [1.165, 1.54) is 0 Å². The van der Waals surface area contributed by atoms with Crippen LogP contribution in [0.5, 0.6) is 0 Å². The first-order chi connectivity index (χ1) is 7.26. The molecule has 0 aromatic rings. The van der Waals surface area contributed by atoms with Crippen LogP contribution in [0.15, 0.2) is 0 Å². The van der Waals surface area contributed by atoms with Gasteiger partial charge in [-0.3, -0.25) is 4.18 Å². The molecule has 1 fully saturated rings. The van der Waals surface area contributed by atoms with E-state index in [9.17, 15) is 21.6 Å². The fourth-order valence-electron chi connectivity index (χ4n) is 1.27. The molecule has 0 saturated carbocycles. The Morgan fingerprint density at radius 3 is 2.31 bits per heavy atom. The van der Waals surface area contributed by atoms with Crippen molar-refractivity contribution in [2.45, 2.75) is 30.6 Å². The summed E-state index contributed by atoms with van der Waals surface area (Å²) < 4.78 is 65.4. The van der Waals surface area contributed by atoms with E-state index in [-0.39, 0.29) is 6.61 Å². The van der Waals surface area contributed by atoms with E-state index >= 15 is 0 Å². The van der Waals surface area contributed by atoms with Crippen molar-refractivity contribution in [1.29, 1.82) is 0 Å². The lowest BCUT2D eigenvalue weighted by atomic mass is 10.2. The van der Waals surface area contributed by atoms with Gasteiger partial charge in [-0.1, -0.05) is 0 Å². The van der Waals surface area contributed by atoms with Crippen LogP contribution in [0.3, 0.4) is 0 Å². The molecular weight excluding hydrogens is 253 g/mol. The second kappa shape index (κ2) is 4.86. The van der Waals surface area contributed by atoms with E-state index in [4.69, 9.17) is 9.84 Å². The predicted octanol–water partition coefficient (Wildman–Crippen LogP) is 0.393. The van der Waals surface area contributed by atoms with Crippen molar-refractivity contribution in [3.63, 3.8) is 0 Å². The molecule has 0 bridgehead atoms. The second-order valence-corrected chi connectivity index (χ2v) is 4.93. The summed E-state index contributed by atoms with van der Waals surface area (Å²) in [6, 6.07) is 0. The highest BCUT2D eigenvalue weighted by atomic mass is 32.2. The molecule has 1 rings (SSSR count). The summed E-state index contributed by atoms with van der Waals surface area (Å²) in [7, 11) is -5.55. The van der Waals surface area contributed by atoms with Crippen molar-refractivity contribution in [3.8, 4) is 0 Å². The number of hydrogen-bond donors (Lipinski definition) is 1. The van der Waals surface area contributed by atoms with Crippen LogP contribution in [-0.2, 0) is 19.0 Å². The van der Waals surface area contributed by atoms with Crippen LogP contribution in [0, 0.1) is 0 Å². The third-order valence-electron chi connectivity index (χ3n) is 2.09. The molecule has 0 aromatic carbocycles. The highest BCUT2D eigenvalue weighted by Gasteiger charge is 2.47. The molecule has 96 valence electrons. The van der Waals surface area contributed by atoms with Gasteiger partial charge in [0.2, 0.25) is 0 Å². The Kier molecular flexibility index (Phi) is 4.16. The van der Waals surface area contributed by atoms with Crippen molar-refractivity contribution >= 4 is 10.1 Å². The Morgan fingerprint density at radius 1 is 1.31 bits per heavy atom. The van der Waals surface area contributed by atoms with E-state index < -0.39 is 34.4 Å². The molecule has 2 atom stereocenters. The quantitative estimate of drug-likeness (QED) is 0.587. The molecule has 0 aliphatic carbocycles. The normalized spacial score (nSPS) is 27.2. The van der Waals surface area contributed by atoms with E-state index in [1.54, 1.807) is 0 Å². The van der Waals surface area contributed by atoms with Gasteiger partial charge in [0.05, 0.1) is 25.4 Å². The number of rotatable bonds is 4. The maximum Gasteiger partial charge on any atom is 0.523 e. The summed E-state index contributed by atoms with van der Waals surface area (Å²) in [5.74, 6) is 0. The van der Waals surface area contributed by atoms with Gasteiger partial charge in [0.25, 0.3) is 0 Å². The minimum absolute atomic E-state index is 0.247. The molecule has 0 amide bonds. The minimum atomic E-state index is -5.55. The molecule has 0 aromatic heterocycles. The summed E-state index contributed by atoms with van der Waals surface area (Å²) in [5.41, 5.74) is -5.41. The van der Waals surface area contributed by atoms with E-state index in [0.29, 0.717) is 12.8 Å².